The van der Waals surface area contributed by atoms with Crippen molar-refractivity contribution in [3.05, 3.63) is 58.7 Å². The van der Waals surface area contributed by atoms with Crippen molar-refractivity contribution in [3.63, 3.8) is 0 Å². The smallest absolute Gasteiger partial charge is 0.303 e. The summed E-state index contributed by atoms with van der Waals surface area (Å²) in [5.74, 6) is -1.71. The Morgan fingerprint density at radius 2 is 1.26 bits per heavy atom. The van der Waals surface area contributed by atoms with Gasteiger partial charge in [-0.2, -0.15) is 0 Å². The summed E-state index contributed by atoms with van der Waals surface area (Å²) in [6, 6.07) is 13.5. The van der Waals surface area contributed by atoms with Gasteiger partial charge in [0.05, 0.1) is 0 Å². The molecule has 0 radical (unpaired) electrons. The number of carbonyl (C=O) groups is 2. The van der Waals surface area contributed by atoms with Crippen LogP contribution in [0, 0.1) is 13.8 Å². The van der Waals surface area contributed by atoms with Crippen LogP contribution in [0.5, 0.6) is 0 Å². The van der Waals surface area contributed by atoms with Crippen molar-refractivity contribution in [1.29, 1.82) is 0 Å². The molecule has 0 atom stereocenters. The second-order valence-corrected chi connectivity index (χ2v) is 9.07. The second-order valence-electron chi connectivity index (χ2n) is 9.07. The molecule has 0 bridgehead atoms. The van der Waals surface area contributed by atoms with Gasteiger partial charge in [-0.15, -0.1) is 0 Å². The lowest BCUT2D eigenvalue weighted by atomic mass is 9.70. The van der Waals surface area contributed by atoms with Gasteiger partial charge in [0.15, 0.2) is 0 Å². The summed E-state index contributed by atoms with van der Waals surface area (Å²) in [6.45, 7) is 4.26. The zero-order valence-electron chi connectivity index (χ0n) is 18.7. The van der Waals surface area contributed by atoms with Crippen molar-refractivity contribution < 1.29 is 19.8 Å². The maximum Gasteiger partial charge on any atom is 0.303 e. The molecule has 3 rings (SSSR count). The molecule has 166 valence electrons. The normalized spacial score (nSPS) is 13.6. The molecule has 0 spiro atoms. The average molecular weight is 422 g/mol. The topological polar surface area (TPSA) is 77.4 Å². The molecule has 1 aliphatic carbocycles. The Labute approximate surface area is 185 Å². The molecule has 0 heterocycles. The van der Waals surface area contributed by atoms with Gasteiger partial charge in [-0.25, -0.2) is 0 Å². The van der Waals surface area contributed by atoms with E-state index in [0.717, 1.165) is 38.5 Å². The Bertz CT molecular complexity index is 867. The number of benzene rings is 2. The predicted octanol–water partition coefficient (Wildman–Crippen LogP) is 5.31. The molecular weight excluding hydrogens is 388 g/mol. The fourth-order valence-corrected chi connectivity index (χ4v) is 5.14. The van der Waals surface area contributed by atoms with Gasteiger partial charge < -0.3 is 15.0 Å². The third kappa shape index (κ3) is 5.36. The minimum absolute atomic E-state index is 0.0899. The average Bonchev–Trinajstić information content (AvgIpc) is 2.96. The van der Waals surface area contributed by atoms with E-state index >= 15 is 0 Å². The molecule has 0 aliphatic heterocycles. The Balaban J connectivity index is 1.90. The van der Waals surface area contributed by atoms with E-state index in [4.69, 9.17) is 5.11 Å². The third-order valence-electron chi connectivity index (χ3n) is 6.65. The molecule has 0 aromatic heterocycles. The van der Waals surface area contributed by atoms with Gasteiger partial charge >= 0.3 is 5.97 Å². The molecule has 31 heavy (non-hydrogen) atoms. The number of carboxylic acid groups (broad SMARTS) is 2. The summed E-state index contributed by atoms with van der Waals surface area (Å²) in [5, 5.41) is 19.7. The zero-order valence-corrected chi connectivity index (χ0v) is 18.7. The van der Waals surface area contributed by atoms with Crippen LogP contribution in [0.2, 0.25) is 0 Å². The molecule has 1 N–H and O–H groups in total. The first-order valence-electron chi connectivity index (χ1n) is 11.5. The molecule has 4 heteroatoms. The fraction of sp³-hybridized carbons (Fsp3) is 0.481. The number of hydrogen-bond acceptors (Lipinski definition) is 3. The van der Waals surface area contributed by atoms with E-state index < -0.39 is 11.9 Å². The van der Waals surface area contributed by atoms with Gasteiger partial charge in [0.2, 0.25) is 0 Å². The van der Waals surface area contributed by atoms with E-state index in [0.29, 0.717) is 12.8 Å². The highest BCUT2D eigenvalue weighted by Crippen LogP contribution is 2.54. The molecule has 1 aliphatic rings. The van der Waals surface area contributed by atoms with E-state index in [-0.39, 0.29) is 18.3 Å². The first-order chi connectivity index (χ1) is 14.8. The number of aryl methyl sites for hydroxylation is 2. The van der Waals surface area contributed by atoms with E-state index in [1.54, 1.807) is 0 Å². The summed E-state index contributed by atoms with van der Waals surface area (Å²) < 4.78 is 0. The third-order valence-corrected chi connectivity index (χ3v) is 6.65. The fourth-order valence-electron chi connectivity index (χ4n) is 5.14. The molecule has 2 aromatic rings. The van der Waals surface area contributed by atoms with Crippen LogP contribution in [0.1, 0.15) is 86.5 Å². The molecule has 0 unspecified atom stereocenters. The van der Waals surface area contributed by atoms with E-state index in [1.165, 1.54) is 33.4 Å². The highest BCUT2D eigenvalue weighted by atomic mass is 16.4. The first kappa shape index (κ1) is 23.1. The minimum atomic E-state index is -0.976. The van der Waals surface area contributed by atoms with Crippen molar-refractivity contribution in [2.24, 2.45) is 0 Å². The molecule has 2 aromatic carbocycles. The van der Waals surface area contributed by atoms with Crippen molar-refractivity contribution in [3.8, 4) is 11.1 Å². The Morgan fingerprint density at radius 3 is 1.71 bits per heavy atom. The highest BCUT2D eigenvalue weighted by Gasteiger charge is 2.42. The van der Waals surface area contributed by atoms with Crippen molar-refractivity contribution >= 4 is 11.9 Å². The molecule has 0 fully saturated rings. The Morgan fingerprint density at radius 1 is 0.774 bits per heavy atom. The quantitative estimate of drug-likeness (QED) is 0.471. The number of carbonyl (C=O) groups excluding carboxylic acids is 1. The lowest BCUT2D eigenvalue weighted by Crippen LogP contribution is -2.26. The van der Waals surface area contributed by atoms with Gasteiger partial charge in [0.1, 0.15) is 0 Å². The molecule has 4 nitrogen and oxygen atoms in total. The number of hydrogen-bond donors (Lipinski definition) is 1. The molecule has 0 saturated heterocycles. The number of aliphatic carboxylic acids is 2. The van der Waals surface area contributed by atoms with Crippen LogP contribution in [0.4, 0.5) is 0 Å². The number of fused-ring (bicyclic) bond motifs is 3. The summed E-state index contributed by atoms with van der Waals surface area (Å²) in [4.78, 5) is 21.7. The summed E-state index contributed by atoms with van der Waals surface area (Å²) >= 11 is 0. The van der Waals surface area contributed by atoms with Crippen molar-refractivity contribution in [1.82, 2.24) is 0 Å². The van der Waals surface area contributed by atoms with Gasteiger partial charge in [0, 0.05) is 17.8 Å². The van der Waals surface area contributed by atoms with E-state index in [2.05, 4.69) is 50.2 Å². The number of unbranched alkanes of at least 4 members (excludes halogenated alkanes) is 4. The van der Waals surface area contributed by atoms with Gasteiger partial charge in [-0.1, -0.05) is 73.2 Å². The van der Waals surface area contributed by atoms with Gasteiger partial charge in [-0.05, 0) is 68.2 Å². The minimum Gasteiger partial charge on any atom is -0.550 e. The van der Waals surface area contributed by atoms with Gasteiger partial charge in [-0.3, -0.25) is 4.79 Å². The maximum absolute atomic E-state index is 10.9. The summed E-state index contributed by atoms with van der Waals surface area (Å²) in [6.07, 6.45) is 7.38. The molecule has 0 amide bonds. The molecular formula is C27H33O4-. The van der Waals surface area contributed by atoms with Crippen LogP contribution >= 0.6 is 0 Å². The maximum atomic E-state index is 10.9. The van der Waals surface area contributed by atoms with Crippen LogP contribution in [0.15, 0.2) is 36.4 Å². The first-order valence-corrected chi connectivity index (χ1v) is 11.5. The van der Waals surface area contributed by atoms with Gasteiger partial charge in [0.25, 0.3) is 0 Å². The second kappa shape index (κ2) is 10.1. The summed E-state index contributed by atoms with van der Waals surface area (Å²) in [7, 11) is 0. The Kier molecular flexibility index (Phi) is 7.53. The van der Waals surface area contributed by atoms with Crippen LogP contribution in [-0.4, -0.2) is 17.0 Å². The number of carboxylic acids is 2. The number of rotatable bonds is 12. The van der Waals surface area contributed by atoms with E-state index in [1.807, 2.05) is 0 Å². The van der Waals surface area contributed by atoms with Crippen molar-refractivity contribution in [2.75, 3.05) is 0 Å². The monoisotopic (exact) mass is 421 g/mol. The predicted molar refractivity (Wildman–Crippen MR) is 121 cm³/mol. The van der Waals surface area contributed by atoms with E-state index in [9.17, 15) is 14.7 Å². The lowest BCUT2D eigenvalue weighted by Gasteiger charge is -2.33. The van der Waals surface area contributed by atoms with Crippen LogP contribution < -0.4 is 5.11 Å². The summed E-state index contributed by atoms with van der Waals surface area (Å²) in [5.41, 5.74) is 7.78. The van der Waals surface area contributed by atoms with Crippen LogP contribution in [0.25, 0.3) is 11.1 Å². The van der Waals surface area contributed by atoms with Crippen LogP contribution in [-0.2, 0) is 15.0 Å². The lowest BCUT2D eigenvalue weighted by molar-refractivity contribution is -0.305. The SMILES string of the molecule is Cc1ccc2c(c1)C(CCCCCC(=O)[O-])(CCCCCC(=O)O)c1cc(C)ccc1-2. The largest absolute Gasteiger partial charge is 0.550 e. The highest BCUT2D eigenvalue weighted by molar-refractivity contribution is 5.81. The standard InChI is InChI=1S/C27H34O4/c1-19-11-13-21-22-14-12-20(2)18-24(22)27(23(21)17-19,15-7-3-5-9-25(28)29)16-8-4-6-10-26(30)31/h11-14,17-18H,3-10,15-16H2,1-2H3,(H,28,29)(H,30,31)/p-1. The molecule has 0 saturated carbocycles. The zero-order chi connectivity index (χ0) is 22.4. The Hall–Kier alpha value is -2.62. The van der Waals surface area contributed by atoms with Crippen molar-refractivity contribution in [2.45, 2.75) is 83.5 Å². The van der Waals surface area contributed by atoms with Crippen LogP contribution in [0.3, 0.4) is 0 Å².